The standard InChI is InChI=1S/C26H49F3O9/c1-2-3-4-5-6-7-8-9-10-31-11-12-32-13-14-33-15-16-34-17-18-35-19-20-36-21-22-37-23-24-38-25(30)26(27,28)29/h2-24H2,1H3. The predicted molar refractivity (Wildman–Crippen MR) is 135 cm³/mol. The van der Waals surface area contributed by atoms with Crippen LogP contribution in [0.15, 0.2) is 0 Å². The second-order valence-corrected chi connectivity index (χ2v) is 8.40. The van der Waals surface area contributed by atoms with E-state index in [0.717, 1.165) is 13.0 Å². The lowest BCUT2D eigenvalue weighted by molar-refractivity contribution is -0.200. The smallest absolute Gasteiger partial charge is 0.457 e. The molecule has 12 heteroatoms. The molecule has 0 aromatic carbocycles. The topological polar surface area (TPSA) is 90.9 Å². The molecule has 0 radical (unpaired) electrons. The zero-order chi connectivity index (χ0) is 28.0. The van der Waals surface area contributed by atoms with E-state index in [9.17, 15) is 18.0 Å². The number of carbonyl (C=O) groups is 1. The molecule has 0 spiro atoms. The first-order chi connectivity index (χ1) is 18.5. The van der Waals surface area contributed by atoms with Gasteiger partial charge in [-0.05, 0) is 6.42 Å². The van der Waals surface area contributed by atoms with Gasteiger partial charge in [-0.3, -0.25) is 0 Å². The summed E-state index contributed by atoms with van der Waals surface area (Å²) in [7, 11) is 0. The molecule has 0 aromatic heterocycles. The van der Waals surface area contributed by atoms with Gasteiger partial charge in [0, 0.05) is 6.61 Å². The van der Waals surface area contributed by atoms with Crippen LogP contribution in [0.5, 0.6) is 0 Å². The van der Waals surface area contributed by atoms with Crippen LogP contribution in [-0.4, -0.2) is 111 Å². The molecule has 0 heterocycles. The Bertz CT molecular complexity index is 497. The number of rotatable bonds is 30. The van der Waals surface area contributed by atoms with E-state index in [2.05, 4.69) is 11.7 Å². The van der Waals surface area contributed by atoms with Gasteiger partial charge in [-0.1, -0.05) is 51.9 Å². The van der Waals surface area contributed by atoms with Crippen LogP contribution in [0.1, 0.15) is 58.3 Å². The van der Waals surface area contributed by atoms with E-state index in [1.807, 2.05) is 0 Å². The first-order valence-corrected chi connectivity index (χ1v) is 13.8. The van der Waals surface area contributed by atoms with Gasteiger partial charge in [0.25, 0.3) is 0 Å². The Morgan fingerprint density at radius 2 is 0.737 bits per heavy atom. The van der Waals surface area contributed by atoms with E-state index in [0.29, 0.717) is 66.1 Å². The van der Waals surface area contributed by atoms with Crippen LogP contribution in [0.4, 0.5) is 13.2 Å². The van der Waals surface area contributed by atoms with Crippen LogP contribution in [0.2, 0.25) is 0 Å². The molecule has 0 rings (SSSR count). The molecule has 0 saturated heterocycles. The average Bonchev–Trinajstić information content (AvgIpc) is 2.89. The summed E-state index contributed by atoms with van der Waals surface area (Å²) < 4.78 is 77.2. The molecule has 0 unspecified atom stereocenters. The third-order valence-electron chi connectivity index (χ3n) is 5.07. The summed E-state index contributed by atoms with van der Waals surface area (Å²) in [5.41, 5.74) is 0. The molecule has 0 saturated carbocycles. The van der Waals surface area contributed by atoms with Crippen molar-refractivity contribution >= 4 is 5.97 Å². The van der Waals surface area contributed by atoms with Crippen molar-refractivity contribution in [2.24, 2.45) is 0 Å². The molecule has 0 amide bonds. The molecule has 0 bridgehead atoms. The van der Waals surface area contributed by atoms with Gasteiger partial charge in [-0.25, -0.2) is 4.79 Å². The highest BCUT2D eigenvalue weighted by atomic mass is 19.4. The summed E-state index contributed by atoms with van der Waals surface area (Å²) in [6.07, 6.45) is 5.39. The van der Waals surface area contributed by atoms with Crippen molar-refractivity contribution in [3.05, 3.63) is 0 Å². The average molecular weight is 563 g/mol. The number of carbonyl (C=O) groups excluding carboxylic acids is 1. The fourth-order valence-electron chi connectivity index (χ4n) is 3.03. The molecule has 0 aliphatic rings. The molecule has 0 fully saturated rings. The van der Waals surface area contributed by atoms with E-state index < -0.39 is 18.8 Å². The van der Waals surface area contributed by atoms with Gasteiger partial charge in [-0.2, -0.15) is 13.2 Å². The Labute approximate surface area is 225 Å². The van der Waals surface area contributed by atoms with Gasteiger partial charge in [0.05, 0.1) is 85.9 Å². The molecule has 0 N–H and O–H groups in total. The lowest BCUT2D eigenvalue weighted by Crippen LogP contribution is -2.26. The first-order valence-electron chi connectivity index (χ1n) is 13.8. The summed E-state index contributed by atoms with van der Waals surface area (Å²) in [5, 5.41) is 0. The Morgan fingerprint density at radius 3 is 1.08 bits per heavy atom. The van der Waals surface area contributed by atoms with Crippen LogP contribution in [-0.2, 0) is 42.7 Å². The zero-order valence-corrected chi connectivity index (χ0v) is 23.1. The monoisotopic (exact) mass is 562 g/mol. The van der Waals surface area contributed by atoms with Crippen molar-refractivity contribution in [3.8, 4) is 0 Å². The second kappa shape index (κ2) is 29.0. The lowest BCUT2D eigenvalue weighted by atomic mass is 10.1. The van der Waals surface area contributed by atoms with Gasteiger partial charge in [0.15, 0.2) is 0 Å². The van der Waals surface area contributed by atoms with Crippen molar-refractivity contribution < 1.29 is 55.9 Å². The van der Waals surface area contributed by atoms with Crippen molar-refractivity contribution in [3.63, 3.8) is 0 Å². The third-order valence-corrected chi connectivity index (χ3v) is 5.07. The first kappa shape index (κ1) is 37.0. The van der Waals surface area contributed by atoms with Gasteiger partial charge >= 0.3 is 12.1 Å². The maximum atomic E-state index is 11.9. The zero-order valence-electron chi connectivity index (χ0n) is 23.1. The van der Waals surface area contributed by atoms with Gasteiger partial charge in [-0.15, -0.1) is 0 Å². The molecule has 0 atom stereocenters. The molecular formula is C26H49F3O9. The highest BCUT2D eigenvalue weighted by Gasteiger charge is 2.40. The minimum absolute atomic E-state index is 0.135. The van der Waals surface area contributed by atoms with Gasteiger partial charge < -0.3 is 37.9 Å². The number of alkyl halides is 3. The van der Waals surface area contributed by atoms with Crippen LogP contribution in [0.25, 0.3) is 0 Å². The minimum atomic E-state index is -4.99. The number of esters is 1. The molecular weight excluding hydrogens is 513 g/mol. The fourth-order valence-corrected chi connectivity index (χ4v) is 3.03. The number of halogens is 3. The van der Waals surface area contributed by atoms with Gasteiger partial charge in [0.2, 0.25) is 0 Å². The fraction of sp³-hybridized carbons (Fsp3) is 0.962. The number of ether oxygens (including phenoxy) is 8. The normalized spacial score (nSPS) is 11.8. The molecule has 9 nitrogen and oxygen atoms in total. The largest absolute Gasteiger partial charge is 0.490 e. The van der Waals surface area contributed by atoms with Crippen molar-refractivity contribution in [1.29, 1.82) is 0 Å². The minimum Gasteiger partial charge on any atom is -0.457 e. The number of hydrogen-bond donors (Lipinski definition) is 0. The molecule has 38 heavy (non-hydrogen) atoms. The Morgan fingerprint density at radius 1 is 0.447 bits per heavy atom. The summed E-state index contributed by atoms with van der Waals surface area (Å²) >= 11 is 0. The molecule has 0 aromatic rings. The number of unbranched alkanes of at least 4 members (excludes halogenated alkanes) is 7. The van der Waals surface area contributed by atoms with Crippen molar-refractivity contribution in [1.82, 2.24) is 0 Å². The van der Waals surface area contributed by atoms with E-state index in [1.54, 1.807) is 0 Å². The maximum Gasteiger partial charge on any atom is 0.490 e. The number of hydrogen-bond acceptors (Lipinski definition) is 9. The molecule has 0 aliphatic carbocycles. The third kappa shape index (κ3) is 29.5. The van der Waals surface area contributed by atoms with Crippen LogP contribution >= 0.6 is 0 Å². The highest BCUT2D eigenvalue weighted by molar-refractivity contribution is 5.75. The Hall–Kier alpha value is -1.02. The maximum absolute atomic E-state index is 11.9. The van der Waals surface area contributed by atoms with E-state index >= 15 is 0 Å². The SMILES string of the molecule is CCCCCCCCCCOCCOCCOCCOCCOCCOCCOCCOC(=O)C(F)(F)F. The van der Waals surface area contributed by atoms with Crippen molar-refractivity contribution in [2.75, 3.05) is 99.1 Å². The summed E-state index contributed by atoms with van der Waals surface area (Å²) in [6.45, 7) is 7.64. The lowest BCUT2D eigenvalue weighted by Gasteiger charge is -2.09. The highest BCUT2D eigenvalue weighted by Crippen LogP contribution is 2.16. The summed E-state index contributed by atoms with van der Waals surface area (Å²) in [5.74, 6) is -2.23. The van der Waals surface area contributed by atoms with Crippen molar-refractivity contribution in [2.45, 2.75) is 64.5 Å². The quantitative estimate of drug-likeness (QED) is 0.0936. The predicted octanol–water partition coefficient (Wildman–Crippen LogP) is 4.35. The summed E-state index contributed by atoms with van der Waals surface area (Å²) in [4.78, 5) is 10.5. The van der Waals surface area contributed by atoms with E-state index in [1.165, 1.54) is 44.9 Å². The Kier molecular flexibility index (Phi) is 28.2. The van der Waals surface area contributed by atoms with E-state index in [-0.39, 0.29) is 19.8 Å². The Balaban J connectivity index is 3.08. The van der Waals surface area contributed by atoms with Gasteiger partial charge in [0.1, 0.15) is 6.61 Å². The van der Waals surface area contributed by atoms with E-state index in [4.69, 9.17) is 33.2 Å². The van der Waals surface area contributed by atoms with Crippen LogP contribution < -0.4 is 0 Å². The summed E-state index contributed by atoms with van der Waals surface area (Å²) in [6, 6.07) is 0. The van der Waals surface area contributed by atoms with Crippen LogP contribution in [0, 0.1) is 0 Å². The molecule has 0 aliphatic heterocycles. The van der Waals surface area contributed by atoms with Crippen LogP contribution in [0.3, 0.4) is 0 Å². The second-order valence-electron chi connectivity index (χ2n) is 8.40. The molecule has 228 valence electrons.